The van der Waals surface area contributed by atoms with Crippen molar-refractivity contribution >= 4 is 34.2 Å². The molecule has 3 rings (SSSR count). The van der Waals surface area contributed by atoms with Gasteiger partial charge in [-0.2, -0.15) is 9.78 Å². The number of amides is 1. The standard InChI is InChI=1S/C15H12ClN3O/c1-10-6-7-12(8-13(10)16)18-15(20)19-14-5-3-2-4-11(14)9-17-19/h2-9H,1H3,(H,18,20). The van der Waals surface area contributed by atoms with Crippen molar-refractivity contribution in [3.8, 4) is 0 Å². The molecular formula is C15H12ClN3O. The van der Waals surface area contributed by atoms with Crippen LogP contribution in [-0.2, 0) is 0 Å². The molecule has 1 heterocycles. The molecule has 0 aliphatic carbocycles. The SMILES string of the molecule is Cc1ccc(NC(=O)n2ncc3ccccc32)cc1Cl. The van der Waals surface area contributed by atoms with Gasteiger partial charge < -0.3 is 5.32 Å². The minimum Gasteiger partial charge on any atom is -0.306 e. The Hall–Kier alpha value is -2.33. The van der Waals surface area contributed by atoms with Crippen molar-refractivity contribution in [2.45, 2.75) is 6.92 Å². The highest BCUT2D eigenvalue weighted by Gasteiger charge is 2.10. The summed E-state index contributed by atoms with van der Waals surface area (Å²) in [7, 11) is 0. The topological polar surface area (TPSA) is 46.9 Å². The van der Waals surface area contributed by atoms with Crippen molar-refractivity contribution in [3.63, 3.8) is 0 Å². The Morgan fingerprint density at radius 1 is 1.25 bits per heavy atom. The van der Waals surface area contributed by atoms with E-state index in [1.54, 1.807) is 12.3 Å². The summed E-state index contributed by atoms with van der Waals surface area (Å²) in [4.78, 5) is 12.2. The molecule has 4 nitrogen and oxygen atoms in total. The van der Waals surface area contributed by atoms with Crippen molar-refractivity contribution in [3.05, 3.63) is 59.2 Å². The molecule has 100 valence electrons. The number of benzene rings is 2. The van der Waals surface area contributed by atoms with Crippen LogP contribution in [0.4, 0.5) is 10.5 Å². The zero-order chi connectivity index (χ0) is 14.1. The molecule has 0 fully saturated rings. The molecule has 1 N–H and O–H groups in total. The van der Waals surface area contributed by atoms with E-state index in [4.69, 9.17) is 11.6 Å². The largest absolute Gasteiger partial charge is 0.347 e. The number of para-hydroxylation sites is 1. The van der Waals surface area contributed by atoms with Crippen LogP contribution in [0, 0.1) is 6.92 Å². The Morgan fingerprint density at radius 3 is 2.85 bits per heavy atom. The molecule has 0 saturated heterocycles. The van der Waals surface area contributed by atoms with Crippen molar-refractivity contribution in [2.24, 2.45) is 0 Å². The van der Waals surface area contributed by atoms with E-state index in [1.807, 2.05) is 43.3 Å². The first kappa shape index (κ1) is 12.7. The van der Waals surface area contributed by atoms with Crippen LogP contribution in [0.5, 0.6) is 0 Å². The predicted molar refractivity (Wildman–Crippen MR) is 80.3 cm³/mol. The summed E-state index contributed by atoms with van der Waals surface area (Å²) < 4.78 is 1.34. The number of hydrogen-bond donors (Lipinski definition) is 1. The van der Waals surface area contributed by atoms with E-state index in [1.165, 1.54) is 4.68 Å². The molecule has 2 aromatic carbocycles. The van der Waals surface area contributed by atoms with E-state index in [2.05, 4.69) is 10.4 Å². The number of halogens is 1. The van der Waals surface area contributed by atoms with Crippen LogP contribution in [0.25, 0.3) is 10.9 Å². The quantitative estimate of drug-likeness (QED) is 0.732. The van der Waals surface area contributed by atoms with E-state index in [0.717, 1.165) is 16.5 Å². The van der Waals surface area contributed by atoms with Gasteiger partial charge in [-0.3, -0.25) is 0 Å². The zero-order valence-corrected chi connectivity index (χ0v) is 11.6. The third-order valence-corrected chi connectivity index (χ3v) is 3.50. The van der Waals surface area contributed by atoms with Crippen LogP contribution in [0.15, 0.2) is 48.7 Å². The van der Waals surface area contributed by atoms with Gasteiger partial charge >= 0.3 is 6.03 Å². The van der Waals surface area contributed by atoms with Crippen LogP contribution in [0.1, 0.15) is 5.56 Å². The van der Waals surface area contributed by atoms with Crippen molar-refractivity contribution in [1.29, 1.82) is 0 Å². The number of aryl methyl sites for hydroxylation is 1. The van der Waals surface area contributed by atoms with Crippen LogP contribution >= 0.6 is 11.6 Å². The predicted octanol–water partition coefficient (Wildman–Crippen LogP) is 4.08. The third-order valence-electron chi connectivity index (χ3n) is 3.09. The molecule has 1 aromatic heterocycles. The molecule has 0 bridgehead atoms. The average molecular weight is 286 g/mol. The lowest BCUT2D eigenvalue weighted by molar-refractivity contribution is 0.252. The first-order valence-corrected chi connectivity index (χ1v) is 6.53. The molecule has 20 heavy (non-hydrogen) atoms. The van der Waals surface area contributed by atoms with Crippen molar-refractivity contribution in [1.82, 2.24) is 9.78 Å². The van der Waals surface area contributed by atoms with E-state index >= 15 is 0 Å². The molecule has 0 aliphatic rings. The zero-order valence-electron chi connectivity index (χ0n) is 10.8. The number of carbonyl (C=O) groups excluding carboxylic acids is 1. The fourth-order valence-electron chi connectivity index (χ4n) is 1.98. The lowest BCUT2D eigenvalue weighted by atomic mass is 10.2. The van der Waals surface area contributed by atoms with Gasteiger partial charge in [-0.05, 0) is 30.7 Å². The van der Waals surface area contributed by atoms with Crippen LogP contribution in [0.2, 0.25) is 5.02 Å². The third kappa shape index (κ3) is 2.26. The molecule has 0 spiro atoms. The Bertz CT molecular complexity index is 795. The molecule has 5 heteroatoms. The second-order valence-corrected chi connectivity index (χ2v) is 4.92. The van der Waals surface area contributed by atoms with E-state index < -0.39 is 0 Å². The van der Waals surface area contributed by atoms with Gasteiger partial charge in [0.2, 0.25) is 0 Å². The number of carbonyl (C=O) groups is 1. The maximum Gasteiger partial charge on any atom is 0.347 e. The summed E-state index contributed by atoms with van der Waals surface area (Å²) >= 11 is 6.04. The Kier molecular flexibility index (Phi) is 3.16. The second-order valence-electron chi connectivity index (χ2n) is 4.51. The van der Waals surface area contributed by atoms with E-state index in [-0.39, 0.29) is 6.03 Å². The highest BCUT2D eigenvalue weighted by atomic mass is 35.5. The molecule has 0 radical (unpaired) electrons. The molecule has 1 amide bonds. The minimum atomic E-state index is -0.314. The monoisotopic (exact) mass is 285 g/mol. The highest BCUT2D eigenvalue weighted by molar-refractivity contribution is 6.31. The first-order chi connectivity index (χ1) is 9.65. The van der Waals surface area contributed by atoms with Crippen LogP contribution < -0.4 is 5.32 Å². The summed E-state index contributed by atoms with van der Waals surface area (Å²) in [5, 5.41) is 8.42. The second kappa shape index (κ2) is 4.98. The highest BCUT2D eigenvalue weighted by Crippen LogP contribution is 2.20. The van der Waals surface area contributed by atoms with Gasteiger partial charge in [-0.1, -0.05) is 35.9 Å². The molecule has 0 atom stereocenters. The number of hydrogen-bond acceptors (Lipinski definition) is 2. The number of aromatic nitrogens is 2. The first-order valence-electron chi connectivity index (χ1n) is 6.15. The fourth-order valence-corrected chi connectivity index (χ4v) is 2.16. The smallest absolute Gasteiger partial charge is 0.306 e. The lowest BCUT2D eigenvalue weighted by Gasteiger charge is -2.07. The summed E-state index contributed by atoms with van der Waals surface area (Å²) in [5.41, 5.74) is 2.38. The van der Waals surface area contributed by atoms with Gasteiger partial charge in [-0.25, -0.2) is 4.79 Å². The van der Waals surface area contributed by atoms with Crippen molar-refractivity contribution in [2.75, 3.05) is 5.32 Å². The number of nitrogens with zero attached hydrogens (tertiary/aromatic N) is 2. The Balaban J connectivity index is 1.91. The lowest BCUT2D eigenvalue weighted by Crippen LogP contribution is -2.20. The fraction of sp³-hybridized carbons (Fsp3) is 0.0667. The van der Waals surface area contributed by atoms with E-state index in [0.29, 0.717) is 10.7 Å². The van der Waals surface area contributed by atoms with Gasteiger partial charge in [0.05, 0.1) is 11.7 Å². The maximum atomic E-state index is 12.2. The Labute approximate surface area is 121 Å². The summed E-state index contributed by atoms with van der Waals surface area (Å²) in [6.45, 7) is 1.91. The number of fused-ring (bicyclic) bond motifs is 1. The van der Waals surface area contributed by atoms with Gasteiger partial charge in [0.15, 0.2) is 0 Å². The van der Waals surface area contributed by atoms with Crippen LogP contribution in [-0.4, -0.2) is 15.8 Å². The summed E-state index contributed by atoms with van der Waals surface area (Å²) in [6, 6.07) is 12.6. The Morgan fingerprint density at radius 2 is 2.05 bits per heavy atom. The normalized spacial score (nSPS) is 10.7. The molecule has 0 aliphatic heterocycles. The van der Waals surface area contributed by atoms with Gasteiger partial charge in [0.1, 0.15) is 0 Å². The molecular weight excluding hydrogens is 274 g/mol. The maximum absolute atomic E-state index is 12.2. The molecule has 0 unspecified atom stereocenters. The van der Waals surface area contributed by atoms with Crippen LogP contribution in [0.3, 0.4) is 0 Å². The van der Waals surface area contributed by atoms with Crippen molar-refractivity contribution < 1.29 is 4.79 Å². The van der Waals surface area contributed by atoms with Gasteiger partial charge in [0, 0.05) is 16.1 Å². The van der Waals surface area contributed by atoms with Gasteiger partial charge in [0.25, 0.3) is 0 Å². The number of rotatable bonds is 1. The van der Waals surface area contributed by atoms with Gasteiger partial charge in [-0.15, -0.1) is 0 Å². The molecule has 3 aromatic rings. The molecule has 0 saturated carbocycles. The minimum absolute atomic E-state index is 0.314. The summed E-state index contributed by atoms with van der Waals surface area (Å²) in [5.74, 6) is 0. The number of anilines is 1. The average Bonchev–Trinajstić information content (AvgIpc) is 2.87. The van der Waals surface area contributed by atoms with E-state index in [9.17, 15) is 4.79 Å². The number of nitrogens with one attached hydrogen (secondary N) is 1. The summed E-state index contributed by atoms with van der Waals surface area (Å²) in [6.07, 6.45) is 1.66.